The van der Waals surface area contributed by atoms with Crippen LogP contribution < -0.4 is 5.32 Å². The SMILES string of the molecule is CNC(Cc1sccc1Br)c1ccsc1. The number of thiophene rings is 2. The van der Waals surface area contributed by atoms with Crippen molar-refractivity contribution < 1.29 is 0 Å². The average molecular weight is 302 g/mol. The summed E-state index contributed by atoms with van der Waals surface area (Å²) in [6, 6.07) is 4.72. The van der Waals surface area contributed by atoms with Crippen molar-refractivity contribution in [3.63, 3.8) is 0 Å². The maximum atomic E-state index is 3.57. The molecule has 0 aromatic carbocycles. The summed E-state index contributed by atoms with van der Waals surface area (Å²) in [6.45, 7) is 0. The van der Waals surface area contributed by atoms with Crippen molar-refractivity contribution in [1.29, 1.82) is 0 Å². The van der Waals surface area contributed by atoms with Crippen molar-refractivity contribution in [2.75, 3.05) is 7.05 Å². The molecule has 2 aromatic heterocycles. The third-order valence-electron chi connectivity index (χ3n) is 2.37. The normalized spacial score (nSPS) is 12.9. The molecule has 1 N–H and O–H groups in total. The highest BCUT2D eigenvalue weighted by atomic mass is 79.9. The number of likely N-dealkylation sites (N-methyl/N-ethyl adjacent to an activating group) is 1. The number of hydrogen-bond acceptors (Lipinski definition) is 3. The number of halogens is 1. The van der Waals surface area contributed by atoms with E-state index in [0.717, 1.165) is 6.42 Å². The van der Waals surface area contributed by atoms with Crippen molar-refractivity contribution in [3.05, 3.63) is 43.2 Å². The molecular weight excluding hydrogens is 290 g/mol. The predicted molar refractivity (Wildman–Crippen MR) is 71.8 cm³/mol. The van der Waals surface area contributed by atoms with Gasteiger partial charge >= 0.3 is 0 Å². The van der Waals surface area contributed by atoms with Crippen molar-refractivity contribution in [2.24, 2.45) is 0 Å². The molecule has 1 atom stereocenters. The molecule has 0 radical (unpaired) electrons. The van der Waals surface area contributed by atoms with Crippen LogP contribution in [0.25, 0.3) is 0 Å². The minimum Gasteiger partial charge on any atom is -0.313 e. The lowest BCUT2D eigenvalue weighted by Gasteiger charge is -2.14. The number of rotatable bonds is 4. The Labute approximate surface area is 106 Å². The van der Waals surface area contributed by atoms with Crippen molar-refractivity contribution in [1.82, 2.24) is 5.32 Å². The summed E-state index contributed by atoms with van der Waals surface area (Å²) in [4.78, 5) is 1.40. The van der Waals surface area contributed by atoms with E-state index in [2.05, 4.69) is 49.5 Å². The highest BCUT2D eigenvalue weighted by Gasteiger charge is 2.12. The van der Waals surface area contributed by atoms with Gasteiger partial charge in [-0.25, -0.2) is 0 Å². The molecule has 2 aromatic rings. The van der Waals surface area contributed by atoms with E-state index in [1.807, 2.05) is 18.4 Å². The molecule has 80 valence electrons. The summed E-state index contributed by atoms with van der Waals surface area (Å²) < 4.78 is 1.22. The summed E-state index contributed by atoms with van der Waals surface area (Å²) in [5.41, 5.74) is 1.38. The summed E-state index contributed by atoms with van der Waals surface area (Å²) in [5, 5.41) is 9.83. The van der Waals surface area contributed by atoms with Crippen molar-refractivity contribution >= 4 is 38.6 Å². The highest BCUT2D eigenvalue weighted by molar-refractivity contribution is 9.10. The predicted octanol–water partition coefficient (Wildman–Crippen LogP) is 4.08. The van der Waals surface area contributed by atoms with Gasteiger partial charge in [-0.1, -0.05) is 0 Å². The van der Waals surface area contributed by atoms with Gasteiger partial charge in [-0.3, -0.25) is 0 Å². The maximum Gasteiger partial charge on any atom is 0.0375 e. The fourth-order valence-electron chi connectivity index (χ4n) is 1.52. The largest absolute Gasteiger partial charge is 0.313 e. The molecule has 0 fully saturated rings. The van der Waals surface area contributed by atoms with Gasteiger partial charge in [0.25, 0.3) is 0 Å². The molecule has 2 heterocycles. The topological polar surface area (TPSA) is 12.0 Å². The average Bonchev–Trinajstić information content (AvgIpc) is 2.86. The second-order valence-electron chi connectivity index (χ2n) is 3.29. The van der Waals surface area contributed by atoms with Gasteiger partial charge in [-0.05, 0) is 56.8 Å². The van der Waals surface area contributed by atoms with Crippen LogP contribution in [0.3, 0.4) is 0 Å². The van der Waals surface area contributed by atoms with Gasteiger partial charge in [0.1, 0.15) is 0 Å². The summed E-state index contributed by atoms with van der Waals surface area (Å²) in [5.74, 6) is 0. The van der Waals surface area contributed by atoms with Crippen molar-refractivity contribution in [3.8, 4) is 0 Å². The van der Waals surface area contributed by atoms with Gasteiger partial charge in [0, 0.05) is 21.8 Å². The Morgan fingerprint density at radius 2 is 2.27 bits per heavy atom. The van der Waals surface area contributed by atoms with Gasteiger partial charge in [-0.15, -0.1) is 11.3 Å². The molecule has 0 bridgehead atoms. The Hall–Kier alpha value is -0.160. The second-order valence-corrected chi connectivity index (χ2v) is 5.93. The molecule has 0 amide bonds. The zero-order chi connectivity index (χ0) is 10.7. The minimum absolute atomic E-state index is 0.422. The molecule has 0 aliphatic rings. The summed E-state index contributed by atoms with van der Waals surface area (Å²) >= 11 is 7.13. The Morgan fingerprint density at radius 3 is 2.80 bits per heavy atom. The van der Waals surface area contributed by atoms with Crippen molar-refractivity contribution in [2.45, 2.75) is 12.5 Å². The molecule has 0 aliphatic heterocycles. The number of nitrogens with one attached hydrogen (secondary N) is 1. The van der Waals surface area contributed by atoms with E-state index in [1.54, 1.807) is 11.3 Å². The maximum absolute atomic E-state index is 3.57. The molecule has 2 rings (SSSR count). The monoisotopic (exact) mass is 301 g/mol. The lowest BCUT2D eigenvalue weighted by Crippen LogP contribution is -2.17. The van der Waals surface area contributed by atoms with Crippen LogP contribution in [0, 0.1) is 0 Å². The van der Waals surface area contributed by atoms with Gasteiger partial charge in [0.05, 0.1) is 0 Å². The van der Waals surface area contributed by atoms with E-state index in [1.165, 1.54) is 14.9 Å². The lowest BCUT2D eigenvalue weighted by molar-refractivity contribution is 0.597. The zero-order valence-corrected chi connectivity index (χ0v) is 11.6. The molecule has 4 heteroatoms. The van der Waals surface area contributed by atoms with Gasteiger partial charge in [-0.2, -0.15) is 11.3 Å². The quantitative estimate of drug-likeness (QED) is 0.897. The van der Waals surface area contributed by atoms with Crippen LogP contribution in [0.5, 0.6) is 0 Å². The molecular formula is C11H12BrNS2. The molecule has 15 heavy (non-hydrogen) atoms. The third-order valence-corrected chi connectivity index (χ3v) is 5.02. The van der Waals surface area contributed by atoms with Crippen LogP contribution in [0.15, 0.2) is 32.7 Å². The molecule has 1 unspecified atom stereocenters. The molecule has 0 aliphatic carbocycles. The van der Waals surface area contributed by atoms with Gasteiger partial charge in [0.2, 0.25) is 0 Å². The van der Waals surface area contributed by atoms with Crippen LogP contribution >= 0.6 is 38.6 Å². The van der Waals surface area contributed by atoms with Crippen LogP contribution in [-0.4, -0.2) is 7.05 Å². The summed E-state index contributed by atoms with van der Waals surface area (Å²) in [6.07, 6.45) is 1.05. The van der Waals surface area contributed by atoms with Crippen LogP contribution in [0.2, 0.25) is 0 Å². The fourth-order valence-corrected chi connectivity index (χ4v) is 3.79. The minimum atomic E-state index is 0.422. The van der Waals surface area contributed by atoms with E-state index in [4.69, 9.17) is 0 Å². The summed E-state index contributed by atoms with van der Waals surface area (Å²) in [7, 11) is 2.02. The fraction of sp³-hybridized carbons (Fsp3) is 0.273. The first-order chi connectivity index (χ1) is 7.31. The first-order valence-electron chi connectivity index (χ1n) is 4.72. The van der Waals surface area contributed by atoms with E-state index < -0.39 is 0 Å². The van der Waals surface area contributed by atoms with Crippen LogP contribution in [0.1, 0.15) is 16.5 Å². The second kappa shape index (κ2) is 5.25. The smallest absolute Gasteiger partial charge is 0.0375 e. The van der Waals surface area contributed by atoms with Gasteiger partial charge < -0.3 is 5.32 Å². The number of hydrogen-bond donors (Lipinski definition) is 1. The van der Waals surface area contributed by atoms with Crippen LogP contribution in [0.4, 0.5) is 0 Å². The first kappa shape index (κ1) is 11.3. The van der Waals surface area contributed by atoms with E-state index in [0.29, 0.717) is 6.04 Å². The van der Waals surface area contributed by atoms with E-state index >= 15 is 0 Å². The Morgan fingerprint density at radius 1 is 1.40 bits per heavy atom. The third kappa shape index (κ3) is 2.69. The van der Waals surface area contributed by atoms with Gasteiger partial charge in [0.15, 0.2) is 0 Å². The first-order valence-corrected chi connectivity index (χ1v) is 7.34. The Bertz CT molecular complexity index is 408. The van der Waals surface area contributed by atoms with Crippen LogP contribution in [-0.2, 0) is 6.42 Å². The van der Waals surface area contributed by atoms with E-state index in [9.17, 15) is 0 Å². The van der Waals surface area contributed by atoms with E-state index in [-0.39, 0.29) is 0 Å². The Kier molecular flexibility index (Phi) is 3.97. The molecule has 1 nitrogen and oxygen atoms in total. The molecule has 0 spiro atoms. The highest BCUT2D eigenvalue weighted by Crippen LogP contribution is 2.28. The zero-order valence-electron chi connectivity index (χ0n) is 8.37. The molecule has 0 saturated heterocycles. The standard InChI is InChI=1S/C11H12BrNS2/c1-13-10(8-2-4-14-7-8)6-11-9(12)3-5-15-11/h2-5,7,10,13H,6H2,1H3. The molecule has 0 saturated carbocycles. The lowest BCUT2D eigenvalue weighted by atomic mass is 10.1. The Balaban J connectivity index is 2.13.